The standard InChI is InChI=1S/C13H21ClN2O2S2/c1-10(2)8-16(9-11-4-3-7-15-11)20(17,18)13-6-5-12(14)19-13/h5-6,10-11,15H,3-4,7-9H2,1-2H3. The molecule has 4 nitrogen and oxygen atoms in total. The summed E-state index contributed by atoms with van der Waals surface area (Å²) in [6.45, 7) is 6.12. The lowest BCUT2D eigenvalue weighted by Crippen LogP contribution is -2.42. The third-order valence-corrected chi connectivity index (χ3v) is 6.83. The summed E-state index contributed by atoms with van der Waals surface area (Å²) in [7, 11) is -3.44. The number of thiophene rings is 1. The zero-order valence-corrected chi connectivity index (χ0v) is 14.2. The predicted molar refractivity (Wildman–Crippen MR) is 84.0 cm³/mol. The number of halogens is 1. The van der Waals surface area contributed by atoms with Gasteiger partial charge in [0.2, 0.25) is 0 Å². The Labute approximate surface area is 130 Å². The van der Waals surface area contributed by atoms with E-state index in [2.05, 4.69) is 5.32 Å². The lowest BCUT2D eigenvalue weighted by Gasteiger charge is -2.26. The van der Waals surface area contributed by atoms with E-state index in [1.165, 1.54) is 0 Å². The van der Waals surface area contributed by atoms with E-state index in [0.717, 1.165) is 30.7 Å². The third kappa shape index (κ3) is 3.95. The zero-order chi connectivity index (χ0) is 14.8. The first-order valence-corrected chi connectivity index (χ1v) is 9.52. The highest BCUT2D eigenvalue weighted by molar-refractivity contribution is 7.91. The minimum absolute atomic E-state index is 0.263. The van der Waals surface area contributed by atoms with Crippen LogP contribution in [0.4, 0.5) is 0 Å². The second-order valence-electron chi connectivity index (χ2n) is 5.57. The van der Waals surface area contributed by atoms with Crippen LogP contribution in [0.15, 0.2) is 16.3 Å². The average molecular weight is 337 g/mol. The fourth-order valence-electron chi connectivity index (χ4n) is 2.40. The Morgan fingerprint density at radius 3 is 2.75 bits per heavy atom. The van der Waals surface area contributed by atoms with Gasteiger partial charge in [-0.05, 0) is 37.4 Å². The maximum atomic E-state index is 12.7. The molecule has 20 heavy (non-hydrogen) atoms. The van der Waals surface area contributed by atoms with E-state index in [1.54, 1.807) is 16.4 Å². The molecule has 2 heterocycles. The van der Waals surface area contributed by atoms with Gasteiger partial charge in [-0.15, -0.1) is 11.3 Å². The molecule has 0 aromatic carbocycles. The summed E-state index contributed by atoms with van der Waals surface area (Å²) in [5.74, 6) is 0.293. The molecule has 0 aliphatic carbocycles. The van der Waals surface area contributed by atoms with Crippen molar-refractivity contribution in [1.82, 2.24) is 9.62 Å². The van der Waals surface area contributed by atoms with E-state index in [-0.39, 0.29) is 6.04 Å². The van der Waals surface area contributed by atoms with Crippen LogP contribution in [0.3, 0.4) is 0 Å². The number of nitrogens with one attached hydrogen (secondary N) is 1. The molecule has 1 aromatic heterocycles. The van der Waals surface area contributed by atoms with Crippen molar-refractivity contribution < 1.29 is 8.42 Å². The Bertz CT molecular complexity index is 536. The molecule has 0 amide bonds. The van der Waals surface area contributed by atoms with E-state index >= 15 is 0 Å². The van der Waals surface area contributed by atoms with Crippen molar-refractivity contribution in [3.63, 3.8) is 0 Å². The van der Waals surface area contributed by atoms with E-state index in [9.17, 15) is 8.42 Å². The monoisotopic (exact) mass is 336 g/mol. The minimum atomic E-state index is -3.44. The molecule has 1 saturated heterocycles. The van der Waals surface area contributed by atoms with E-state index in [4.69, 9.17) is 11.6 Å². The first kappa shape index (κ1) is 16.2. The van der Waals surface area contributed by atoms with Crippen LogP contribution < -0.4 is 5.32 Å². The molecule has 1 atom stereocenters. The van der Waals surface area contributed by atoms with Gasteiger partial charge in [-0.25, -0.2) is 8.42 Å². The van der Waals surface area contributed by atoms with Gasteiger partial charge in [0.15, 0.2) is 0 Å². The summed E-state index contributed by atoms with van der Waals surface area (Å²) in [5, 5.41) is 3.36. The van der Waals surface area contributed by atoms with Crippen LogP contribution in [0.25, 0.3) is 0 Å². The average Bonchev–Trinajstić information content (AvgIpc) is 2.99. The molecule has 1 aromatic rings. The zero-order valence-electron chi connectivity index (χ0n) is 11.8. The molecule has 1 N–H and O–H groups in total. The summed E-state index contributed by atoms with van der Waals surface area (Å²) in [4.78, 5) is 0. The normalized spacial score (nSPS) is 20.1. The highest BCUT2D eigenvalue weighted by Gasteiger charge is 2.29. The van der Waals surface area contributed by atoms with Crippen LogP contribution in [0.5, 0.6) is 0 Å². The fourth-order valence-corrected chi connectivity index (χ4v) is 5.69. The quantitative estimate of drug-likeness (QED) is 0.869. The van der Waals surface area contributed by atoms with Gasteiger partial charge in [0.25, 0.3) is 10.0 Å². The molecule has 114 valence electrons. The first-order valence-electron chi connectivity index (χ1n) is 6.88. The molecule has 7 heteroatoms. The van der Waals surface area contributed by atoms with Gasteiger partial charge in [-0.1, -0.05) is 25.4 Å². The van der Waals surface area contributed by atoms with Crippen LogP contribution in [0.1, 0.15) is 26.7 Å². The molecule has 1 fully saturated rings. The Morgan fingerprint density at radius 1 is 1.50 bits per heavy atom. The number of hydrogen-bond donors (Lipinski definition) is 1. The van der Waals surface area contributed by atoms with Gasteiger partial charge in [0.1, 0.15) is 4.21 Å². The number of nitrogens with zero attached hydrogens (tertiary/aromatic N) is 1. The molecule has 1 aliphatic rings. The van der Waals surface area contributed by atoms with Gasteiger partial charge >= 0.3 is 0 Å². The summed E-state index contributed by atoms with van der Waals surface area (Å²) in [6, 6.07) is 3.50. The van der Waals surface area contributed by atoms with E-state index < -0.39 is 10.0 Å². The Balaban J connectivity index is 2.19. The van der Waals surface area contributed by atoms with Crippen molar-refractivity contribution >= 4 is 33.0 Å². The van der Waals surface area contributed by atoms with Crippen molar-refractivity contribution in [2.75, 3.05) is 19.6 Å². The van der Waals surface area contributed by atoms with Crippen LogP contribution in [0, 0.1) is 5.92 Å². The van der Waals surface area contributed by atoms with Crippen LogP contribution in [-0.4, -0.2) is 38.4 Å². The molecule has 2 rings (SSSR count). The first-order chi connectivity index (χ1) is 9.39. The molecular weight excluding hydrogens is 316 g/mol. The van der Waals surface area contributed by atoms with Crippen molar-refractivity contribution in [3.05, 3.63) is 16.5 Å². The molecule has 0 bridgehead atoms. The number of hydrogen-bond acceptors (Lipinski definition) is 4. The molecule has 1 aliphatic heterocycles. The molecular formula is C13H21ClN2O2S2. The lowest BCUT2D eigenvalue weighted by molar-refractivity contribution is 0.337. The predicted octanol–water partition coefficient (Wildman–Crippen LogP) is 2.80. The fraction of sp³-hybridized carbons (Fsp3) is 0.692. The molecule has 0 radical (unpaired) electrons. The molecule has 1 unspecified atom stereocenters. The van der Waals surface area contributed by atoms with Crippen LogP contribution in [-0.2, 0) is 10.0 Å². The van der Waals surface area contributed by atoms with Gasteiger partial charge in [0, 0.05) is 19.1 Å². The van der Waals surface area contributed by atoms with Crippen molar-refractivity contribution in [3.8, 4) is 0 Å². The Kier molecular flexibility index (Phi) is 5.48. The summed E-state index contributed by atoms with van der Waals surface area (Å²) >= 11 is 6.99. The van der Waals surface area contributed by atoms with Crippen molar-refractivity contribution in [1.29, 1.82) is 0 Å². The maximum absolute atomic E-state index is 12.7. The van der Waals surface area contributed by atoms with Gasteiger partial charge < -0.3 is 5.32 Å². The summed E-state index contributed by atoms with van der Waals surface area (Å²) < 4.78 is 27.9. The second kappa shape index (κ2) is 6.75. The minimum Gasteiger partial charge on any atom is -0.313 e. The highest BCUT2D eigenvalue weighted by Crippen LogP contribution is 2.29. The van der Waals surface area contributed by atoms with Gasteiger partial charge in [0.05, 0.1) is 4.34 Å². The van der Waals surface area contributed by atoms with Crippen molar-refractivity contribution in [2.24, 2.45) is 5.92 Å². The molecule has 0 spiro atoms. The molecule has 0 saturated carbocycles. The Hall–Kier alpha value is -0.140. The number of rotatable bonds is 6. The van der Waals surface area contributed by atoms with Crippen LogP contribution in [0.2, 0.25) is 4.34 Å². The highest BCUT2D eigenvalue weighted by atomic mass is 35.5. The largest absolute Gasteiger partial charge is 0.313 e. The third-order valence-electron chi connectivity index (χ3n) is 3.30. The van der Waals surface area contributed by atoms with E-state index in [0.29, 0.717) is 27.6 Å². The van der Waals surface area contributed by atoms with Crippen molar-refractivity contribution in [2.45, 2.75) is 36.9 Å². The summed E-state index contributed by atoms with van der Waals surface area (Å²) in [6.07, 6.45) is 2.15. The van der Waals surface area contributed by atoms with Gasteiger partial charge in [-0.2, -0.15) is 4.31 Å². The Morgan fingerprint density at radius 2 is 2.25 bits per heavy atom. The maximum Gasteiger partial charge on any atom is 0.252 e. The smallest absolute Gasteiger partial charge is 0.252 e. The van der Waals surface area contributed by atoms with Gasteiger partial charge in [-0.3, -0.25) is 0 Å². The van der Waals surface area contributed by atoms with E-state index in [1.807, 2.05) is 13.8 Å². The number of sulfonamides is 1. The lowest BCUT2D eigenvalue weighted by atomic mass is 10.2. The van der Waals surface area contributed by atoms with Crippen LogP contribution >= 0.6 is 22.9 Å². The topological polar surface area (TPSA) is 49.4 Å². The SMILES string of the molecule is CC(C)CN(CC1CCCN1)S(=O)(=O)c1ccc(Cl)s1. The second-order valence-corrected chi connectivity index (χ2v) is 9.45. The summed E-state index contributed by atoms with van der Waals surface area (Å²) in [5.41, 5.74) is 0.